The summed E-state index contributed by atoms with van der Waals surface area (Å²) in [7, 11) is 0. The molecule has 110 valence electrons. The van der Waals surface area contributed by atoms with Gasteiger partial charge in [-0.05, 0) is 30.0 Å². The molecule has 20 heavy (non-hydrogen) atoms. The Bertz CT molecular complexity index is 453. The number of carboxylic acids is 1. The minimum Gasteiger partial charge on any atom is -0.480 e. The Morgan fingerprint density at radius 3 is 2.30 bits per heavy atom. The van der Waals surface area contributed by atoms with Crippen molar-refractivity contribution in [2.75, 3.05) is 6.54 Å². The molecule has 1 atom stereocenters. The standard InChI is InChI=1S/C15H21NO4/c1-4-11-5-7-12(8-6-11)20-14(10(2)3)15(19)16-9-13(17)18/h5-8,10,14H,4,9H2,1-3H3,(H,16,19)(H,17,18). The highest BCUT2D eigenvalue weighted by Gasteiger charge is 2.24. The van der Waals surface area contributed by atoms with Crippen LogP contribution in [0.15, 0.2) is 24.3 Å². The van der Waals surface area contributed by atoms with Crippen LogP contribution in [0.1, 0.15) is 26.3 Å². The lowest BCUT2D eigenvalue weighted by Gasteiger charge is -2.21. The van der Waals surface area contributed by atoms with E-state index in [1.165, 1.54) is 5.56 Å². The fourth-order valence-corrected chi connectivity index (χ4v) is 1.71. The molecule has 0 aliphatic rings. The van der Waals surface area contributed by atoms with Gasteiger partial charge >= 0.3 is 5.97 Å². The molecule has 2 N–H and O–H groups in total. The van der Waals surface area contributed by atoms with Gasteiger partial charge in [0.2, 0.25) is 0 Å². The first-order valence-corrected chi connectivity index (χ1v) is 6.69. The average molecular weight is 279 g/mol. The summed E-state index contributed by atoms with van der Waals surface area (Å²) in [6.07, 6.45) is 0.231. The third-order valence-electron chi connectivity index (χ3n) is 2.87. The normalized spacial score (nSPS) is 12.0. The number of hydrogen-bond acceptors (Lipinski definition) is 3. The van der Waals surface area contributed by atoms with Gasteiger partial charge in [0.25, 0.3) is 5.91 Å². The van der Waals surface area contributed by atoms with Gasteiger partial charge in [0.1, 0.15) is 12.3 Å². The molecule has 0 aromatic heterocycles. The smallest absolute Gasteiger partial charge is 0.322 e. The SMILES string of the molecule is CCc1ccc(OC(C(=O)NCC(=O)O)C(C)C)cc1. The van der Waals surface area contributed by atoms with Gasteiger partial charge in [-0.2, -0.15) is 0 Å². The van der Waals surface area contributed by atoms with Crippen molar-refractivity contribution >= 4 is 11.9 Å². The molecular formula is C15H21NO4. The van der Waals surface area contributed by atoms with Crippen LogP contribution in [0.3, 0.4) is 0 Å². The minimum absolute atomic E-state index is 0.0605. The number of carboxylic acid groups (broad SMARTS) is 1. The van der Waals surface area contributed by atoms with Crippen LogP contribution in [0.2, 0.25) is 0 Å². The molecule has 1 unspecified atom stereocenters. The zero-order chi connectivity index (χ0) is 15.1. The van der Waals surface area contributed by atoms with Crippen molar-refractivity contribution in [3.63, 3.8) is 0 Å². The number of ether oxygens (including phenoxy) is 1. The Balaban J connectivity index is 2.70. The molecule has 0 bridgehead atoms. The third kappa shape index (κ3) is 4.91. The highest BCUT2D eigenvalue weighted by molar-refractivity contribution is 5.84. The first-order chi connectivity index (χ1) is 9.43. The second kappa shape index (κ2) is 7.53. The van der Waals surface area contributed by atoms with Crippen LogP contribution in [0, 0.1) is 5.92 Å². The maximum atomic E-state index is 11.9. The Morgan fingerprint density at radius 1 is 1.25 bits per heavy atom. The maximum absolute atomic E-state index is 11.9. The van der Waals surface area contributed by atoms with E-state index in [9.17, 15) is 9.59 Å². The molecule has 0 saturated heterocycles. The van der Waals surface area contributed by atoms with E-state index in [-0.39, 0.29) is 5.92 Å². The third-order valence-corrected chi connectivity index (χ3v) is 2.87. The minimum atomic E-state index is -1.08. The molecule has 1 amide bonds. The molecule has 0 saturated carbocycles. The van der Waals surface area contributed by atoms with Crippen LogP contribution in [-0.2, 0) is 16.0 Å². The maximum Gasteiger partial charge on any atom is 0.322 e. The predicted molar refractivity (Wildman–Crippen MR) is 75.7 cm³/mol. The first kappa shape index (κ1) is 16.0. The number of benzene rings is 1. The monoisotopic (exact) mass is 279 g/mol. The molecule has 0 radical (unpaired) electrons. The fourth-order valence-electron chi connectivity index (χ4n) is 1.71. The summed E-state index contributed by atoms with van der Waals surface area (Å²) >= 11 is 0. The van der Waals surface area contributed by atoms with Crippen molar-refractivity contribution in [1.82, 2.24) is 5.32 Å². The van der Waals surface area contributed by atoms with Gasteiger partial charge in [0.05, 0.1) is 0 Å². The molecule has 0 heterocycles. The fraction of sp³-hybridized carbons (Fsp3) is 0.467. The van der Waals surface area contributed by atoms with Crippen LogP contribution < -0.4 is 10.1 Å². The summed E-state index contributed by atoms with van der Waals surface area (Å²) in [5.74, 6) is -0.948. The summed E-state index contributed by atoms with van der Waals surface area (Å²) in [6.45, 7) is 5.36. The predicted octanol–water partition coefficient (Wildman–Crippen LogP) is 1.85. The number of nitrogens with one attached hydrogen (secondary N) is 1. The molecule has 5 nitrogen and oxygen atoms in total. The van der Waals surface area contributed by atoms with Crippen LogP contribution in [-0.4, -0.2) is 29.6 Å². The quantitative estimate of drug-likeness (QED) is 0.798. The van der Waals surface area contributed by atoms with E-state index in [0.717, 1.165) is 6.42 Å². The molecule has 0 aliphatic heterocycles. The molecular weight excluding hydrogens is 258 g/mol. The number of amides is 1. The molecule has 1 rings (SSSR count). The lowest BCUT2D eigenvalue weighted by atomic mass is 10.1. The summed E-state index contributed by atoms with van der Waals surface area (Å²) in [6, 6.07) is 7.53. The highest BCUT2D eigenvalue weighted by atomic mass is 16.5. The van der Waals surface area contributed by atoms with E-state index in [2.05, 4.69) is 12.2 Å². The number of aryl methyl sites for hydroxylation is 1. The zero-order valence-corrected chi connectivity index (χ0v) is 12.1. The topological polar surface area (TPSA) is 75.6 Å². The van der Waals surface area contributed by atoms with Gasteiger partial charge in [0.15, 0.2) is 6.10 Å². The van der Waals surface area contributed by atoms with Crippen LogP contribution in [0.5, 0.6) is 5.75 Å². The van der Waals surface area contributed by atoms with Gasteiger partial charge < -0.3 is 15.2 Å². The van der Waals surface area contributed by atoms with Crippen LogP contribution in [0.4, 0.5) is 0 Å². The van der Waals surface area contributed by atoms with Crippen molar-refractivity contribution in [2.45, 2.75) is 33.3 Å². The van der Waals surface area contributed by atoms with E-state index >= 15 is 0 Å². The van der Waals surface area contributed by atoms with Gasteiger partial charge in [-0.3, -0.25) is 9.59 Å². The number of aliphatic carboxylic acids is 1. The Morgan fingerprint density at radius 2 is 1.85 bits per heavy atom. The van der Waals surface area contributed by atoms with E-state index in [1.807, 2.05) is 38.1 Å². The van der Waals surface area contributed by atoms with Crippen molar-refractivity contribution in [1.29, 1.82) is 0 Å². The van der Waals surface area contributed by atoms with Crippen molar-refractivity contribution in [3.05, 3.63) is 29.8 Å². The van der Waals surface area contributed by atoms with Crippen molar-refractivity contribution < 1.29 is 19.4 Å². The second-order valence-corrected chi connectivity index (χ2v) is 4.89. The lowest BCUT2D eigenvalue weighted by Crippen LogP contribution is -2.43. The van der Waals surface area contributed by atoms with E-state index in [1.54, 1.807) is 0 Å². The van der Waals surface area contributed by atoms with E-state index < -0.39 is 24.5 Å². The first-order valence-electron chi connectivity index (χ1n) is 6.69. The van der Waals surface area contributed by atoms with Gasteiger partial charge in [0, 0.05) is 0 Å². The van der Waals surface area contributed by atoms with Crippen LogP contribution >= 0.6 is 0 Å². The molecule has 0 spiro atoms. The summed E-state index contributed by atoms with van der Waals surface area (Å²) < 4.78 is 5.66. The number of rotatable bonds is 7. The molecule has 0 aliphatic carbocycles. The summed E-state index contributed by atoms with van der Waals surface area (Å²) in [5.41, 5.74) is 1.19. The summed E-state index contributed by atoms with van der Waals surface area (Å²) in [5, 5.41) is 10.9. The largest absolute Gasteiger partial charge is 0.480 e. The number of carbonyl (C=O) groups excluding carboxylic acids is 1. The van der Waals surface area contributed by atoms with Crippen molar-refractivity contribution in [3.8, 4) is 5.75 Å². The van der Waals surface area contributed by atoms with Crippen LogP contribution in [0.25, 0.3) is 0 Å². The lowest BCUT2D eigenvalue weighted by molar-refractivity contribution is -0.139. The van der Waals surface area contributed by atoms with Crippen molar-refractivity contribution in [2.24, 2.45) is 5.92 Å². The number of hydrogen-bond donors (Lipinski definition) is 2. The average Bonchev–Trinajstić information content (AvgIpc) is 2.42. The Hall–Kier alpha value is -2.04. The molecule has 0 fully saturated rings. The van der Waals surface area contributed by atoms with Gasteiger partial charge in [-0.15, -0.1) is 0 Å². The van der Waals surface area contributed by atoms with Gasteiger partial charge in [-0.1, -0.05) is 32.9 Å². The molecule has 5 heteroatoms. The second-order valence-electron chi connectivity index (χ2n) is 4.89. The number of carbonyl (C=O) groups is 2. The highest BCUT2D eigenvalue weighted by Crippen LogP contribution is 2.17. The molecule has 1 aromatic carbocycles. The van der Waals surface area contributed by atoms with E-state index in [0.29, 0.717) is 5.75 Å². The van der Waals surface area contributed by atoms with E-state index in [4.69, 9.17) is 9.84 Å². The zero-order valence-electron chi connectivity index (χ0n) is 12.1. The Labute approximate surface area is 118 Å². The van der Waals surface area contributed by atoms with Gasteiger partial charge in [-0.25, -0.2) is 0 Å². The molecule has 1 aromatic rings. The Kier molecular flexibility index (Phi) is 6.03. The summed E-state index contributed by atoms with van der Waals surface area (Å²) in [4.78, 5) is 22.4.